The molecule has 0 amide bonds. The van der Waals surface area contributed by atoms with Crippen LogP contribution in [0.4, 0.5) is 13.2 Å². The maximum Gasteiger partial charge on any atom is 0.391 e. The van der Waals surface area contributed by atoms with Crippen molar-refractivity contribution < 1.29 is 54.7 Å². The number of phenols is 1. The SMILES string of the molecule is COC(=O)C1CN(Cc2ccc3c(O)cccc3c2)C1.COC(=O)C1CN(Cc2ccc3c(OC4CCC(C)CC4)cccc3c2)C1.CS(=O)(=O)OC1CCC(C(F)(F)F)CC1. The molecule has 2 heterocycles. The first-order chi connectivity index (χ1) is 29.5. The maximum atomic E-state index is 12.2. The zero-order chi connectivity index (χ0) is 44.6. The van der Waals surface area contributed by atoms with Crippen LogP contribution in [-0.2, 0) is 46.5 Å². The molecule has 2 aliphatic carbocycles. The normalized spacial score (nSPS) is 22.6. The van der Waals surface area contributed by atoms with Crippen molar-refractivity contribution in [2.75, 3.05) is 46.7 Å². The Morgan fingerprint density at radius 3 is 1.68 bits per heavy atom. The minimum atomic E-state index is -4.17. The first kappa shape index (κ1) is 47.0. The van der Waals surface area contributed by atoms with E-state index in [1.807, 2.05) is 24.3 Å². The van der Waals surface area contributed by atoms with E-state index >= 15 is 0 Å². The van der Waals surface area contributed by atoms with Crippen molar-refractivity contribution in [3.8, 4) is 11.5 Å². The van der Waals surface area contributed by atoms with Crippen LogP contribution in [0.5, 0.6) is 11.5 Å². The van der Waals surface area contributed by atoms with E-state index in [9.17, 15) is 36.3 Å². The topological polar surface area (TPSA) is 132 Å². The highest BCUT2D eigenvalue weighted by Crippen LogP contribution is 2.39. The Kier molecular flexibility index (Phi) is 15.8. The van der Waals surface area contributed by atoms with Crippen LogP contribution in [0, 0.1) is 23.7 Å². The third-order valence-corrected chi connectivity index (χ3v) is 12.9. The van der Waals surface area contributed by atoms with Gasteiger partial charge in [0.1, 0.15) is 11.5 Å². The zero-order valence-electron chi connectivity index (χ0n) is 35.9. The largest absolute Gasteiger partial charge is 0.507 e. The number of phenolic OH excluding ortho intramolecular Hbond substituents is 1. The van der Waals surface area contributed by atoms with Gasteiger partial charge in [-0.25, -0.2) is 0 Å². The number of likely N-dealkylation sites (tertiary alicyclic amines) is 2. The van der Waals surface area contributed by atoms with Crippen LogP contribution in [0.2, 0.25) is 0 Å². The lowest BCUT2D eigenvalue weighted by Gasteiger charge is -2.37. The number of ether oxygens (including phenoxy) is 3. The Balaban J connectivity index is 0.000000163. The monoisotopic (exact) mass is 884 g/mol. The quantitative estimate of drug-likeness (QED) is 0.121. The molecule has 4 aliphatic rings. The molecule has 0 atom stereocenters. The summed E-state index contributed by atoms with van der Waals surface area (Å²) in [6.07, 6.45) is 1.55. The molecule has 0 unspecified atom stereocenters. The van der Waals surface area contributed by atoms with Crippen molar-refractivity contribution in [1.29, 1.82) is 0 Å². The standard InChI is InChI=1S/C23H29NO3.C16H17NO3.C8H13F3O3S/c1-16-6-9-20(10-7-16)27-22-5-3-4-18-12-17(8-11-21(18)22)13-24-14-19(15-24)23(25)26-2;1-20-16(19)13-9-17(10-13)8-11-5-6-14-12(7-11)3-2-4-15(14)18;1-15(12,13)14-7-4-2-6(3-5-7)8(9,10)11/h3-5,8,11-12,16,19-20H,6-7,9-10,13-15H2,1-2H3;2-7,13,18H,8-10H2,1H3;6-7H,2-5H2,1H3. The third kappa shape index (κ3) is 13.1. The first-order valence-corrected chi connectivity index (χ1v) is 23.2. The Bertz CT molecular complexity index is 2240. The molecule has 8 rings (SSSR count). The smallest absolute Gasteiger partial charge is 0.391 e. The average molecular weight is 885 g/mol. The Morgan fingerprint density at radius 1 is 0.694 bits per heavy atom. The molecule has 0 aromatic heterocycles. The van der Waals surface area contributed by atoms with E-state index in [1.54, 1.807) is 6.07 Å². The van der Waals surface area contributed by atoms with Crippen LogP contribution in [0.1, 0.15) is 69.4 Å². The molecule has 2 aliphatic heterocycles. The number of halogens is 3. The van der Waals surface area contributed by atoms with Crippen LogP contribution in [0.3, 0.4) is 0 Å². The summed E-state index contributed by atoms with van der Waals surface area (Å²) in [5.41, 5.74) is 2.46. The van der Waals surface area contributed by atoms with Gasteiger partial charge in [-0.3, -0.25) is 23.6 Å². The molecule has 62 heavy (non-hydrogen) atoms. The minimum absolute atomic E-state index is 0.0181. The van der Waals surface area contributed by atoms with Gasteiger partial charge in [0, 0.05) is 50.0 Å². The number of hydrogen-bond acceptors (Lipinski definition) is 11. The summed E-state index contributed by atoms with van der Waals surface area (Å²) in [4.78, 5) is 27.3. The lowest BCUT2D eigenvalue weighted by atomic mass is 9.87. The summed E-state index contributed by atoms with van der Waals surface area (Å²) >= 11 is 0. The number of hydrogen-bond donors (Lipinski definition) is 1. The molecule has 0 spiro atoms. The number of benzene rings is 4. The number of carbonyl (C=O) groups is 2. The molecular weight excluding hydrogens is 826 g/mol. The van der Waals surface area contributed by atoms with Crippen LogP contribution in [0.15, 0.2) is 72.8 Å². The van der Waals surface area contributed by atoms with Gasteiger partial charge in [-0.05, 0) is 103 Å². The summed E-state index contributed by atoms with van der Waals surface area (Å²) in [5.74, 6) is 0.681. The average Bonchev–Trinajstić information content (AvgIpc) is 3.20. The maximum absolute atomic E-state index is 12.2. The Morgan fingerprint density at radius 2 is 1.18 bits per heavy atom. The zero-order valence-corrected chi connectivity index (χ0v) is 36.8. The van der Waals surface area contributed by atoms with Crippen LogP contribution in [0.25, 0.3) is 21.5 Å². The van der Waals surface area contributed by atoms with Crippen LogP contribution < -0.4 is 4.74 Å². The lowest BCUT2D eigenvalue weighted by Crippen LogP contribution is -2.49. The molecule has 1 N–H and O–H groups in total. The van der Waals surface area contributed by atoms with Gasteiger partial charge in [-0.1, -0.05) is 55.5 Å². The third-order valence-electron chi connectivity index (χ3n) is 12.3. The van der Waals surface area contributed by atoms with E-state index in [0.717, 1.165) is 80.8 Å². The highest BCUT2D eigenvalue weighted by Gasteiger charge is 2.42. The van der Waals surface area contributed by atoms with Crippen LogP contribution in [-0.4, -0.2) is 100 Å². The van der Waals surface area contributed by atoms with E-state index in [0.29, 0.717) is 11.9 Å². The van der Waals surface area contributed by atoms with Gasteiger partial charge in [0.05, 0.1) is 50.4 Å². The second-order valence-corrected chi connectivity index (χ2v) is 18.9. The molecule has 338 valence electrons. The predicted molar refractivity (Wildman–Crippen MR) is 231 cm³/mol. The number of rotatable bonds is 10. The Labute approximate surface area is 362 Å². The molecular formula is C47H59F3N2O9S. The van der Waals surface area contributed by atoms with Crippen molar-refractivity contribution in [3.63, 3.8) is 0 Å². The van der Waals surface area contributed by atoms with Crippen molar-refractivity contribution in [3.05, 3.63) is 83.9 Å². The molecule has 4 aromatic rings. The van der Waals surface area contributed by atoms with Crippen molar-refractivity contribution in [2.45, 2.75) is 89.8 Å². The van der Waals surface area contributed by atoms with Crippen LogP contribution >= 0.6 is 0 Å². The van der Waals surface area contributed by atoms with E-state index in [2.05, 4.69) is 63.4 Å². The van der Waals surface area contributed by atoms with E-state index < -0.39 is 28.3 Å². The minimum Gasteiger partial charge on any atom is -0.507 e. The number of esters is 2. The molecule has 2 saturated carbocycles. The number of nitrogens with zero attached hydrogens (tertiary/aromatic N) is 2. The second-order valence-electron chi connectivity index (χ2n) is 17.3. The fraction of sp³-hybridized carbons (Fsp3) is 0.532. The van der Waals surface area contributed by atoms with E-state index in [-0.39, 0.29) is 49.5 Å². The summed E-state index contributed by atoms with van der Waals surface area (Å²) in [7, 11) is -0.666. The molecule has 2 saturated heterocycles. The number of methoxy groups -OCH3 is 2. The fourth-order valence-electron chi connectivity index (χ4n) is 8.73. The molecule has 0 bridgehead atoms. The molecule has 0 radical (unpaired) electrons. The van der Waals surface area contributed by atoms with Gasteiger partial charge in [0.25, 0.3) is 10.1 Å². The summed E-state index contributed by atoms with van der Waals surface area (Å²) < 4.78 is 78.8. The van der Waals surface area contributed by atoms with Gasteiger partial charge in [-0.2, -0.15) is 21.6 Å². The lowest BCUT2D eigenvalue weighted by molar-refractivity contribution is -0.185. The number of aromatic hydroxyl groups is 1. The highest BCUT2D eigenvalue weighted by atomic mass is 32.2. The molecule has 4 fully saturated rings. The van der Waals surface area contributed by atoms with Crippen molar-refractivity contribution in [1.82, 2.24) is 9.80 Å². The van der Waals surface area contributed by atoms with Gasteiger partial charge >= 0.3 is 18.1 Å². The number of fused-ring (bicyclic) bond motifs is 2. The van der Waals surface area contributed by atoms with Crippen molar-refractivity contribution in [2.24, 2.45) is 23.7 Å². The summed E-state index contributed by atoms with van der Waals surface area (Å²) in [6, 6.07) is 24.5. The van der Waals surface area contributed by atoms with Crippen molar-refractivity contribution >= 4 is 43.6 Å². The summed E-state index contributed by atoms with van der Waals surface area (Å²) in [6.45, 7) is 7.10. The fourth-order valence-corrected chi connectivity index (χ4v) is 9.41. The van der Waals surface area contributed by atoms with Gasteiger partial charge in [-0.15, -0.1) is 0 Å². The number of carbonyl (C=O) groups excluding carboxylic acids is 2. The van der Waals surface area contributed by atoms with E-state index in [1.165, 1.54) is 49.0 Å². The summed E-state index contributed by atoms with van der Waals surface area (Å²) in [5, 5.41) is 14.1. The number of alkyl halides is 3. The molecule has 15 heteroatoms. The molecule has 11 nitrogen and oxygen atoms in total. The second kappa shape index (κ2) is 20.8. The van der Waals surface area contributed by atoms with Gasteiger partial charge in [0.15, 0.2) is 0 Å². The van der Waals surface area contributed by atoms with Gasteiger partial charge < -0.3 is 19.3 Å². The van der Waals surface area contributed by atoms with Gasteiger partial charge in [0.2, 0.25) is 0 Å². The highest BCUT2D eigenvalue weighted by molar-refractivity contribution is 7.86. The first-order valence-electron chi connectivity index (χ1n) is 21.4. The predicted octanol–water partition coefficient (Wildman–Crippen LogP) is 8.64. The molecule has 4 aromatic carbocycles. The van der Waals surface area contributed by atoms with E-state index in [4.69, 9.17) is 14.2 Å². The Hall–Kier alpha value is -4.44.